The number of thiophene rings is 1. The molecular formula is C12H16ClN5S. The smallest absolute Gasteiger partial charge is 0.191 e. The van der Waals surface area contributed by atoms with Gasteiger partial charge in [0, 0.05) is 25.2 Å². The first-order valence-corrected chi connectivity index (χ1v) is 7.04. The Hall–Kier alpha value is -1.53. The summed E-state index contributed by atoms with van der Waals surface area (Å²) in [7, 11) is 3.67. The van der Waals surface area contributed by atoms with Gasteiger partial charge in [0.15, 0.2) is 5.96 Å². The van der Waals surface area contributed by atoms with Crippen LogP contribution < -0.4 is 10.6 Å². The van der Waals surface area contributed by atoms with Crippen LogP contribution in [0.3, 0.4) is 0 Å². The summed E-state index contributed by atoms with van der Waals surface area (Å²) in [5, 5.41) is 10.6. The summed E-state index contributed by atoms with van der Waals surface area (Å²) in [5.41, 5.74) is 1.10. The van der Waals surface area contributed by atoms with Crippen molar-refractivity contribution in [3.8, 4) is 0 Å². The topological polar surface area (TPSA) is 54.2 Å². The molecule has 5 nitrogen and oxygen atoms in total. The van der Waals surface area contributed by atoms with Crippen LogP contribution in [0.25, 0.3) is 0 Å². The molecule has 2 aromatic heterocycles. The van der Waals surface area contributed by atoms with E-state index in [0.717, 1.165) is 16.0 Å². The number of rotatable bonds is 4. The number of aryl methyl sites for hydroxylation is 1. The van der Waals surface area contributed by atoms with E-state index >= 15 is 0 Å². The van der Waals surface area contributed by atoms with Crippen LogP contribution in [0.15, 0.2) is 29.4 Å². The van der Waals surface area contributed by atoms with Crippen LogP contribution in [0, 0.1) is 0 Å². The molecule has 0 aliphatic carbocycles. The van der Waals surface area contributed by atoms with E-state index in [1.807, 2.05) is 29.9 Å². The van der Waals surface area contributed by atoms with Gasteiger partial charge in [-0.15, -0.1) is 11.3 Å². The Bertz CT molecular complexity index is 560. The Balaban J connectivity index is 1.82. The lowest BCUT2D eigenvalue weighted by Gasteiger charge is -2.11. The third-order valence-corrected chi connectivity index (χ3v) is 3.87. The van der Waals surface area contributed by atoms with Crippen LogP contribution >= 0.6 is 22.9 Å². The Kier molecular flexibility index (Phi) is 4.81. The highest BCUT2D eigenvalue weighted by Gasteiger charge is 2.02. The minimum atomic E-state index is 0.682. The zero-order chi connectivity index (χ0) is 13.7. The Morgan fingerprint density at radius 2 is 2.16 bits per heavy atom. The second-order valence-electron chi connectivity index (χ2n) is 3.93. The molecule has 2 N–H and O–H groups in total. The Morgan fingerprint density at radius 3 is 2.74 bits per heavy atom. The van der Waals surface area contributed by atoms with Crippen LogP contribution in [-0.2, 0) is 20.1 Å². The van der Waals surface area contributed by atoms with Crippen LogP contribution in [0.1, 0.15) is 10.6 Å². The van der Waals surface area contributed by atoms with Gasteiger partial charge in [-0.2, -0.15) is 5.10 Å². The molecule has 102 valence electrons. The van der Waals surface area contributed by atoms with E-state index in [4.69, 9.17) is 11.6 Å². The van der Waals surface area contributed by atoms with Gasteiger partial charge in [0.05, 0.1) is 23.1 Å². The first-order valence-electron chi connectivity index (χ1n) is 5.84. The summed E-state index contributed by atoms with van der Waals surface area (Å²) < 4.78 is 2.63. The summed E-state index contributed by atoms with van der Waals surface area (Å²) in [6.07, 6.45) is 1.78. The van der Waals surface area contributed by atoms with Gasteiger partial charge in [-0.25, -0.2) is 0 Å². The fraction of sp³-hybridized carbons (Fsp3) is 0.333. The lowest BCUT2D eigenvalue weighted by Crippen LogP contribution is -2.36. The van der Waals surface area contributed by atoms with Crippen molar-refractivity contribution in [1.29, 1.82) is 0 Å². The van der Waals surface area contributed by atoms with Gasteiger partial charge in [-0.1, -0.05) is 11.6 Å². The SMILES string of the molecule is CN=C(NCc1ccc(Cl)s1)NCc1ccnn1C. The fourth-order valence-corrected chi connectivity index (χ4v) is 2.61. The van der Waals surface area contributed by atoms with Crippen molar-refractivity contribution >= 4 is 28.9 Å². The molecule has 2 rings (SSSR count). The summed E-state index contributed by atoms with van der Waals surface area (Å²) in [5.74, 6) is 0.755. The molecule has 0 fully saturated rings. The molecule has 0 atom stereocenters. The highest BCUT2D eigenvalue weighted by atomic mass is 35.5. The number of aliphatic imine (C=N–C) groups is 1. The lowest BCUT2D eigenvalue weighted by atomic mass is 10.4. The molecule has 0 amide bonds. The molecule has 19 heavy (non-hydrogen) atoms. The van der Waals surface area contributed by atoms with E-state index in [2.05, 4.69) is 20.7 Å². The molecule has 0 spiro atoms. The molecule has 0 radical (unpaired) electrons. The molecule has 0 saturated carbocycles. The first kappa shape index (κ1) is 13.9. The molecular weight excluding hydrogens is 282 g/mol. The Labute approximate surface area is 121 Å². The Morgan fingerprint density at radius 1 is 1.37 bits per heavy atom. The molecule has 0 aromatic carbocycles. The van der Waals surface area contributed by atoms with Gasteiger partial charge >= 0.3 is 0 Å². The second kappa shape index (κ2) is 6.58. The van der Waals surface area contributed by atoms with Crippen molar-refractivity contribution in [1.82, 2.24) is 20.4 Å². The van der Waals surface area contributed by atoms with E-state index in [9.17, 15) is 0 Å². The molecule has 0 aliphatic heterocycles. The van der Waals surface area contributed by atoms with Crippen LogP contribution in [0.4, 0.5) is 0 Å². The van der Waals surface area contributed by atoms with Gasteiger partial charge in [0.1, 0.15) is 0 Å². The molecule has 0 saturated heterocycles. The number of nitrogens with one attached hydrogen (secondary N) is 2. The van der Waals surface area contributed by atoms with Gasteiger partial charge in [-0.05, 0) is 18.2 Å². The quantitative estimate of drug-likeness (QED) is 0.670. The number of hydrogen-bond donors (Lipinski definition) is 2. The second-order valence-corrected chi connectivity index (χ2v) is 5.73. The van der Waals surface area contributed by atoms with Crippen LogP contribution in [-0.4, -0.2) is 22.8 Å². The zero-order valence-corrected chi connectivity index (χ0v) is 12.4. The van der Waals surface area contributed by atoms with E-state index in [1.165, 1.54) is 4.88 Å². The number of nitrogens with zero attached hydrogens (tertiary/aromatic N) is 3. The number of hydrogen-bond acceptors (Lipinski definition) is 3. The highest BCUT2D eigenvalue weighted by Crippen LogP contribution is 2.20. The summed E-state index contributed by atoms with van der Waals surface area (Å²) in [6, 6.07) is 5.88. The number of guanidine groups is 1. The molecule has 2 heterocycles. The van der Waals surface area contributed by atoms with Crippen molar-refractivity contribution in [3.63, 3.8) is 0 Å². The number of aromatic nitrogens is 2. The van der Waals surface area contributed by atoms with Gasteiger partial charge in [-0.3, -0.25) is 9.67 Å². The van der Waals surface area contributed by atoms with E-state index in [1.54, 1.807) is 24.6 Å². The van der Waals surface area contributed by atoms with E-state index < -0.39 is 0 Å². The van der Waals surface area contributed by atoms with E-state index in [0.29, 0.717) is 13.1 Å². The van der Waals surface area contributed by atoms with Crippen LogP contribution in [0.5, 0.6) is 0 Å². The minimum absolute atomic E-state index is 0.682. The molecule has 0 aliphatic rings. The highest BCUT2D eigenvalue weighted by molar-refractivity contribution is 7.16. The molecule has 0 bridgehead atoms. The molecule has 2 aromatic rings. The summed E-state index contributed by atoms with van der Waals surface area (Å²) in [6.45, 7) is 1.39. The summed E-state index contributed by atoms with van der Waals surface area (Å²) >= 11 is 7.46. The van der Waals surface area contributed by atoms with Crippen molar-refractivity contribution in [2.24, 2.45) is 12.0 Å². The van der Waals surface area contributed by atoms with Gasteiger partial charge in [0.2, 0.25) is 0 Å². The number of halogens is 1. The normalized spacial score (nSPS) is 11.6. The van der Waals surface area contributed by atoms with Crippen molar-refractivity contribution in [2.45, 2.75) is 13.1 Å². The predicted octanol–water partition coefficient (Wildman–Crippen LogP) is 2.00. The van der Waals surface area contributed by atoms with E-state index in [-0.39, 0.29) is 0 Å². The molecule has 7 heteroatoms. The van der Waals surface area contributed by atoms with Gasteiger partial charge < -0.3 is 10.6 Å². The molecule has 0 unspecified atom stereocenters. The standard InChI is InChI=1S/C12H16ClN5S/c1-14-12(15-7-9-5-6-17-18(9)2)16-8-10-3-4-11(13)19-10/h3-6H,7-8H2,1-2H3,(H2,14,15,16). The average molecular weight is 298 g/mol. The maximum Gasteiger partial charge on any atom is 0.191 e. The minimum Gasteiger partial charge on any atom is -0.352 e. The largest absolute Gasteiger partial charge is 0.352 e. The van der Waals surface area contributed by atoms with Crippen LogP contribution in [0.2, 0.25) is 4.34 Å². The maximum atomic E-state index is 5.89. The third-order valence-electron chi connectivity index (χ3n) is 2.64. The maximum absolute atomic E-state index is 5.89. The van der Waals surface area contributed by atoms with Gasteiger partial charge in [0.25, 0.3) is 0 Å². The third kappa shape index (κ3) is 3.97. The average Bonchev–Trinajstić information content (AvgIpc) is 2.99. The van der Waals surface area contributed by atoms with Crippen molar-refractivity contribution < 1.29 is 0 Å². The van der Waals surface area contributed by atoms with Crippen molar-refractivity contribution in [3.05, 3.63) is 39.3 Å². The lowest BCUT2D eigenvalue weighted by molar-refractivity contribution is 0.685. The fourth-order valence-electron chi connectivity index (χ4n) is 1.59. The summed E-state index contributed by atoms with van der Waals surface area (Å²) in [4.78, 5) is 5.35. The zero-order valence-electron chi connectivity index (χ0n) is 10.9. The first-order chi connectivity index (χ1) is 9.19. The monoisotopic (exact) mass is 297 g/mol. The predicted molar refractivity (Wildman–Crippen MR) is 79.6 cm³/mol. The van der Waals surface area contributed by atoms with Crippen molar-refractivity contribution in [2.75, 3.05) is 7.05 Å².